The van der Waals surface area contributed by atoms with Crippen molar-refractivity contribution in [3.63, 3.8) is 0 Å². The van der Waals surface area contributed by atoms with Crippen molar-refractivity contribution in [2.45, 2.75) is 26.8 Å². The molecule has 0 saturated carbocycles. The molecule has 0 aliphatic heterocycles. The lowest BCUT2D eigenvalue weighted by atomic mass is 10.1. The Labute approximate surface area is 194 Å². The zero-order valence-electron chi connectivity index (χ0n) is 17.9. The van der Waals surface area contributed by atoms with E-state index in [1.807, 2.05) is 49.6 Å². The molecule has 32 heavy (non-hydrogen) atoms. The number of benzene rings is 2. The number of amides is 1. The maximum Gasteiger partial charge on any atom is 0.263 e. The summed E-state index contributed by atoms with van der Waals surface area (Å²) in [6.45, 7) is 6.08. The second-order valence-corrected chi connectivity index (χ2v) is 8.64. The first kappa shape index (κ1) is 22.0. The largest absolute Gasteiger partial charge is 0.494 e. The van der Waals surface area contributed by atoms with Crippen LogP contribution >= 0.6 is 22.9 Å². The van der Waals surface area contributed by atoms with E-state index < -0.39 is 6.04 Å². The summed E-state index contributed by atoms with van der Waals surface area (Å²) >= 11 is 7.55. The van der Waals surface area contributed by atoms with E-state index in [1.165, 1.54) is 22.2 Å². The van der Waals surface area contributed by atoms with E-state index >= 15 is 0 Å². The zero-order chi connectivity index (χ0) is 22.8. The van der Waals surface area contributed by atoms with E-state index in [1.54, 1.807) is 19.1 Å². The number of aromatic nitrogens is 2. The van der Waals surface area contributed by atoms with Gasteiger partial charge in [0, 0.05) is 21.7 Å². The first-order valence-corrected chi connectivity index (χ1v) is 11.4. The molecule has 0 aliphatic carbocycles. The highest BCUT2D eigenvalue weighted by Crippen LogP contribution is 2.32. The summed E-state index contributed by atoms with van der Waals surface area (Å²) in [6, 6.07) is 12.1. The topological polar surface area (TPSA) is 73.2 Å². The molecule has 2 aromatic heterocycles. The van der Waals surface area contributed by atoms with Crippen molar-refractivity contribution < 1.29 is 9.53 Å². The summed E-state index contributed by atoms with van der Waals surface area (Å²) in [5.41, 5.74) is 2.92. The van der Waals surface area contributed by atoms with Crippen LogP contribution in [0.5, 0.6) is 5.75 Å². The van der Waals surface area contributed by atoms with Crippen molar-refractivity contribution in [2.24, 2.45) is 0 Å². The van der Waals surface area contributed by atoms with Crippen LogP contribution in [-0.2, 0) is 4.79 Å². The molecule has 1 atom stereocenters. The normalized spacial score (nSPS) is 12.0. The summed E-state index contributed by atoms with van der Waals surface area (Å²) in [6.07, 6.45) is 1.43. The molecule has 1 amide bonds. The Bertz CT molecular complexity index is 1350. The van der Waals surface area contributed by atoms with Crippen LogP contribution in [0.3, 0.4) is 0 Å². The minimum Gasteiger partial charge on any atom is -0.494 e. The number of aryl methyl sites for hydroxylation is 1. The second kappa shape index (κ2) is 9.14. The third kappa shape index (κ3) is 4.26. The van der Waals surface area contributed by atoms with E-state index in [4.69, 9.17) is 16.3 Å². The molecule has 8 heteroatoms. The monoisotopic (exact) mass is 467 g/mol. The zero-order valence-corrected chi connectivity index (χ0v) is 19.5. The van der Waals surface area contributed by atoms with E-state index in [0.717, 1.165) is 22.4 Å². The van der Waals surface area contributed by atoms with Crippen LogP contribution in [0.15, 0.2) is 59.0 Å². The molecule has 0 aliphatic rings. The Morgan fingerprint density at radius 1 is 1.25 bits per heavy atom. The average molecular weight is 468 g/mol. The van der Waals surface area contributed by atoms with Gasteiger partial charge in [-0.15, -0.1) is 11.3 Å². The van der Waals surface area contributed by atoms with Gasteiger partial charge in [0.25, 0.3) is 5.56 Å². The molecule has 164 valence electrons. The number of hydrogen-bond donors (Lipinski definition) is 1. The summed E-state index contributed by atoms with van der Waals surface area (Å²) in [5.74, 6) is 0.443. The van der Waals surface area contributed by atoms with Crippen LogP contribution in [0.1, 0.15) is 25.5 Å². The van der Waals surface area contributed by atoms with Crippen LogP contribution in [0, 0.1) is 6.92 Å². The SMILES string of the molecule is CCOc1ccc(-c2csc3ncn(C(C)C(=O)Nc4ccc(C)c(Cl)c4)c(=O)c23)cc1. The third-order valence-corrected chi connectivity index (χ3v) is 6.53. The van der Waals surface area contributed by atoms with Crippen molar-refractivity contribution in [3.8, 4) is 16.9 Å². The van der Waals surface area contributed by atoms with Crippen LogP contribution < -0.4 is 15.6 Å². The number of hydrogen-bond acceptors (Lipinski definition) is 5. The lowest BCUT2D eigenvalue weighted by Crippen LogP contribution is -2.31. The smallest absolute Gasteiger partial charge is 0.263 e. The summed E-state index contributed by atoms with van der Waals surface area (Å²) in [4.78, 5) is 31.3. The molecule has 0 radical (unpaired) electrons. The van der Waals surface area contributed by atoms with Crippen molar-refractivity contribution in [1.29, 1.82) is 0 Å². The number of anilines is 1. The highest BCUT2D eigenvalue weighted by molar-refractivity contribution is 7.17. The fourth-order valence-electron chi connectivity index (χ4n) is 3.37. The number of halogens is 1. The van der Waals surface area contributed by atoms with Crippen LogP contribution in [0.4, 0.5) is 5.69 Å². The molecular formula is C24H22ClN3O3S. The van der Waals surface area contributed by atoms with Crippen molar-refractivity contribution in [1.82, 2.24) is 9.55 Å². The number of ether oxygens (including phenoxy) is 1. The second-order valence-electron chi connectivity index (χ2n) is 7.37. The highest BCUT2D eigenvalue weighted by Gasteiger charge is 2.20. The Kier molecular flexibility index (Phi) is 6.30. The lowest BCUT2D eigenvalue weighted by molar-refractivity contribution is -0.118. The van der Waals surface area contributed by atoms with Gasteiger partial charge in [0.1, 0.15) is 16.6 Å². The molecule has 2 heterocycles. The fraction of sp³-hybridized carbons (Fsp3) is 0.208. The van der Waals surface area contributed by atoms with Crippen LogP contribution in [0.25, 0.3) is 21.3 Å². The van der Waals surface area contributed by atoms with Gasteiger partial charge in [-0.05, 0) is 56.2 Å². The Morgan fingerprint density at radius 2 is 2.00 bits per heavy atom. The minimum atomic E-state index is -0.757. The Morgan fingerprint density at radius 3 is 2.69 bits per heavy atom. The lowest BCUT2D eigenvalue weighted by Gasteiger charge is -2.15. The number of carbonyl (C=O) groups is 1. The summed E-state index contributed by atoms with van der Waals surface area (Å²) in [5, 5.41) is 5.80. The molecule has 1 N–H and O–H groups in total. The van der Waals surface area contributed by atoms with Gasteiger partial charge in [-0.2, -0.15) is 0 Å². The molecule has 4 rings (SSSR count). The van der Waals surface area contributed by atoms with Gasteiger partial charge >= 0.3 is 0 Å². The maximum atomic E-state index is 13.4. The fourth-order valence-corrected chi connectivity index (χ4v) is 4.46. The van der Waals surface area contributed by atoms with E-state index in [2.05, 4.69) is 10.3 Å². The van der Waals surface area contributed by atoms with Gasteiger partial charge < -0.3 is 10.1 Å². The highest BCUT2D eigenvalue weighted by atomic mass is 35.5. The molecule has 0 saturated heterocycles. The maximum absolute atomic E-state index is 13.4. The molecule has 0 fully saturated rings. The van der Waals surface area contributed by atoms with Gasteiger partial charge in [-0.3, -0.25) is 14.2 Å². The number of fused-ring (bicyclic) bond motifs is 1. The summed E-state index contributed by atoms with van der Waals surface area (Å²) in [7, 11) is 0. The molecule has 0 spiro atoms. The van der Waals surface area contributed by atoms with E-state index in [9.17, 15) is 9.59 Å². The van der Waals surface area contributed by atoms with Crippen molar-refractivity contribution in [3.05, 3.63) is 75.1 Å². The number of thiophene rings is 1. The van der Waals surface area contributed by atoms with Crippen molar-refractivity contribution >= 4 is 44.7 Å². The van der Waals surface area contributed by atoms with Crippen LogP contribution in [-0.4, -0.2) is 22.1 Å². The molecule has 0 bridgehead atoms. The van der Waals surface area contributed by atoms with Crippen LogP contribution in [0.2, 0.25) is 5.02 Å². The third-order valence-electron chi connectivity index (χ3n) is 5.23. The van der Waals surface area contributed by atoms with Crippen molar-refractivity contribution in [2.75, 3.05) is 11.9 Å². The van der Waals surface area contributed by atoms with E-state index in [0.29, 0.717) is 27.5 Å². The Hall–Kier alpha value is -3.16. The predicted octanol–water partition coefficient (Wildman–Crippen LogP) is 5.69. The average Bonchev–Trinajstić information content (AvgIpc) is 3.22. The number of nitrogens with zero attached hydrogens (tertiary/aromatic N) is 2. The van der Waals surface area contributed by atoms with E-state index in [-0.39, 0.29) is 11.5 Å². The molecule has 6 nitrogen and oxygen atoms in total. The number of nitrogens with one attached hydrogen (secondary N) is 1. The predicted molar refractivity (Wildman–Crippen MR) is 130 cm³/mol. The summed E-state index contributed by atoms with van der Waals surface area (Å²) < 4.78 is 6.86. The quantitative estimate of drug-likeness (QED) is 0.395. The Balaban J connectivity index is 1.66. The van der Waals surface area contributed by atoms with Gasteiger partial charge in [0.2, 0.25) is 5.91 Å². The van der Waals surface area contributed by atoms with Gasteiger partial charge in [-0.25, -0.2) is 4.98 Å². The standard InChI is InChI=1S/C24H22ClN3O3S/c1-4-31-18-9-6-16(7-10-18)19-12-32-23-21(19)24(30)28(13-26-23)15(3)22(29)27-17-8-5-14(2)20(25)11-17/h5-13,15H,4H2,1-3H3,(H,27,29). The minimum absolute atomic E-state index is 0.260. The first-order chi connectivity index (χ1) is 15.4. The molecule has 2 aromatic carbocycles. The molecule has 1 unspecified atom stereocenters. The first-order valence-electron chi connectivity index (χ1n) is 10.2. The van der Waals surface area contributed by atoms with Gasteiger partial charge in [0.05, 0.1) is 18.3 Å². The number of rotatable bonds is 6. The molecular weight excluding hydrogens is 446 g/mol. The van der Waals surface area contributed by atoms with Gasteiger partial charge in [-0.1, -0.05) is 29.8 Å². The molecule has 4 aromatic rings. The van der Waals surface area contributed by atoms with Gasteiger partial charge in [0.15, 0.2) is 0 Å². The number of carbonyl (C=O) groups excluding carboxylic acids is 1.